The minimum atomic E-state index is -0.792. The number of amides is 1. The molecule has 0 rings (SSSR count). The Kier molecular flexibility index (Phi) is 47.1. The number of hydrogen-bond donors (Lipinski definition) is 3. The van der Waals surface area contributed by atoms with Gasteiger partial charge in [-0.15, -0.1) is 0 Å². The predicted molar refractivity (Wildman–Crippen MR) is 264 cm³/mol. The Morgan fingerprint density at radius 2 is 0.885 bits per heavy atom. The van der Waals surface area contributed by atoms with Crippen molar-refractivity contribution < 1.29 is 24.5 Å². The molecule has 0 fully saturated rings. The Balaban J connectivity index is 4.55. The molecule has 3 unspecified atom stereocenters. The molecule has 0 saturated heterocycles. The first-order valence-corrected chi connectivity index (χ1v) is 26.4. The Hall–Kier alpha value is -2.18. The molecule has 3 N–H and O–H groups in total. The average Bonchev–Trinajstić information content (AvgIpc) is 3.25. The number of unbranched alkanes of at least 4 members (excludes halogenated alkanes) is 27. The van der Waals surface area contributed by atoms with Crippen LogP contribution in [0, 0.1) is 0 Å². The Morgan fingerprint density at radius 1 is 0.492 bits per heavy atom. The van der Waals surface area contributed by atoms with E-state index < -0.39 is 18.2 Å². The van der Waals surface area contributed by atoms with Crippen molar-refractivity contribution in [3.8, 4) is 0 Å². The van der Waals surface area contributed by atoms with Crippen LogP contribution in [0.2, 0.25) is 0 Å². The first-order chi connectivity index (χ1) is 30.0. The molecule has 0 aliphatic rings. The summed E-state index contributed by atoms with van der Waals surface area (Å²) in [5, 5.41) is 23.8. The Labute approximate surface area is 378 Å². The summed E-state index contributed by atoms with van der Waals surface area (Å²) >= 11 is 0. The van der Waals surface area contributed by atoms with Crippen LogP contribution in [0.4, 0.5) is 0 Å². The van der Waals surface area contributed by atoms with E-state index in [2.05, 4.69) is 74.7 Å². The smallest absolute Gasteiger partial charge is 0.306 e. The van der Waals surface area contributed by atoms with Gasteiger partial charge >= 0.3 is 5.97 Å². The van der Waals surface area contributed by atoms with Crippen LogP contribution >= 0.6 is 0 Å². The Bertz CT molecular complexity index is 1050. The second-order valence-electron chi connectivity index (χ2n) is 17.9. The summed E-state index contributed by atoms with van der Waals surface area (Å²) in [5.74, 6) is -0.492. The summed E-state index contributed by atoms with van der Waals surface area (Å²) in [4.78, 5) is 26.1. The second kappa shape index (κ2) is 48.8. The normalized spacial score (nSPS) is 13.6. The molecule has 6 heteroatoms. The maximum absolute atomic E-state index is 13.2. The molecular formula is C55H101NO5. The molecule has 0 saturated carbocycles. The van der Waals surface area contributed by atoms with E-state index in [0.717, 1.165) is 89.9 Å². The number of aliphatic hydroxyl groups excluding tert-OH is 2. The molecule has 0 bridgehead atoms. The summed E-state index contributed by atoms with van der Waals surface area (Å²) in [5.41, 5.74) is 0. The summed E-state index contributed by atoms with van der Waals surface area (Å²) < 4.78 is 5.93. The second-order valence-corrected chi connectivity index (χ2v) is 17.9. The van der Waals surface area contributed by atoms with Gasteiger partial charge < -0.3 is 20.3 Å². The molecule has 0 spiro atoms. The maximum Gasteiger partial charge on any atom is 0.306 e. The highest BCUT2D eigenvalue weighted by Crippen LogP contribution is 2.18. The van der Waals surface area contributed by atoms with Gasteiger partial charge in [-0.3, -0.25) is 9.59 Å². The van der Waals surface area contributed by atoms with E-state index in [0.29, 0.717) is 19.3 Å². The van der Waals surface area contributed by atoms with E-state index in [9.17, 15) is 19.8 Å². The number of nitrogens with one attached hydrogen (secondary N) is 1. The monoisotopic (exact) mass is 856 g/mol. The number of esters is 1. The van der Waals surface area contributed by atoms with Crippen LogP contribution in [0.25, 0.3) is 0 Å². The first kappa shape index (κ1) is 58.8. The molecule has 3 atom stereocenters. The van der Waals surface area contributed by atoms with Gasteiger partial charge in [0.1, 0.15) is 6.10 Å². The summed E-state index contributed by atoms with van der Waals surface area (Å²) in [6.45, 7) is 6.35. The van der Waals surface area contributed by atoms with Crippen LogP contribution in [0.1, 0.15) is 265 Å². The number of rotatable bonds is 47. The van der Waals surface area contributed by atoms with E-state index in [1.165, 1.54) is 128 Å². The number of carbonyl (C=O) groups is 2. The van der Waals surface area contributed by atoms with Crippen LogP contribution < -0.4 is 5.32 Å². The molecule has 0 heterocycles. The molecule has 0 radical (unpaired) electrons. The summed E-state index contributed by atoms with van der Waals surface area (Å²) in [7, 11) is 0. The topological polar surface area (TPSA) is 95.9 Å². The van der Waals surface area contributed by atoms with Gasteiger partial charge in [0, 0.05) is 6.42 Å². The SMILES string of the molecule is CC/C=C/C/C=C/CCCCCCCC(CC(=O)NC(CO)C(O)CCCCCCCCCCCCCCC)OC(=O)CCCCCCCCC/C=C\C/C=C\CCCCC. The molecule has 0 aromatic rings. The highest BCUT2D eigenvalue weighted by Gasteiger charge is 2.24. The molecule has 0 aromatic heterocycles. The third-order valence-corrected chi connectivity index (χ3v) is 11.9. The fourth-order valence-corrected chi connectivity index (χ4v) is 7.91. The van der Waals surface area contributed by atoms with E-state index >= 15 is 0 Å². The minimum Gasteiger partial charge on any atom is -0.462 e. The van der Waals surface area contributed by atoms with Crippen molar-refractivity contribution in [2.45, 2.75) is 283 Å². The standard InChI is InChI=1S/C55H101NO5/c1-4-7-10-13-16-19-22-25-26-27-28-30-33-36-39-42-45-48-55(60)61-51(46-43-40-37-34-31-24-21-18-15-12-9-6-3)49-54(59)56-52(50-57)53(58)47-44-41-38-35-32-29-23-20-17-14-11-8-5-2/h9,12,16,18-19,21,25-26,51-53,57-58H,4-8,10-11,13-15,17,20,22-24,27-50H2,1-3H3,(H,56,59)/b12-9+,19-16-,21-18+,26-25-. The Morgan fingerprint density at radius 3 is 1.36 bits per heavy atom. The van der Waals surface area contributed by atoms with Gasteiger partial charge in [-0.1, -0.05) is 217 Å². The lowest BCUT2D eigenvalue weighted by molar-refractivity contribution is -0.151. The number of allylic oxidation sites excluding steroid dienone is 8. The lowest BCUT2D eigenvalue weighted by Gasteiger charge is -2.24. The average molecular weight is 856 g/mol. The molecular weight excluding hydrogens is 755 g/mol. The summed E-state index contributed by atoms with van der Waals surface area (Å²) in [6.07, 6.45) is 58.8. The van der Waals surface area contributed by atoms with Gasteiger partial charge in [0.2, 0.25) is 5.91 Å². The zero-order chi connectivity index (χ0) is 44.5. The zero-order valence-corrected chi connectivity index (χ0v) is 40.5. The van der Waals surface area contributed by atoms with Crippen LogP contribution in [0.15, 0.2) is 48.6 Å². The van der Waals surface area contributed by atoms with Gasteiger partial charge in [0.15, 0.2) is 0 Å². The van der Waals surface area contributed by atoms with Crippen molar-refractivity contribution in [3.63, 3.8) is 0 Å². The molecule has 6 nitrogen and oxygen atoms in total. The van der Waals surface area contributed by atoms with Crippen LogP contribution in [-0.4, -0.2) is 46.9 Å². The van der Waals surface area contributed by atoms with Gasteiger partial charge in [-0.2, -0.15) is 0 Å². The quantitative estimate of drug-likeness (QED) is 0.0322. The van der Waals surface area contributed by atoms with Crippen molar-refractivity contribution in [1.82, 2.24) is 5.32 Å². The van der Waals surface area contributed by atoms with Gasteiger partial charge in [0.25, 0.3) is 0 Å². The van der Waals surface area contributed by atoms with Crippen molar-refractivity contribution in [1.29, 1.82) is 0 Å². The zero-order valence-electron chi connectivity index (χ0n) is 40.5. The maximum atomic E-state index is 13.2. The number of ether oxygens (including phenoxy) is 1. The molecule has 356 valence electrons. The predicted octanol–water partition coefficient (Wildman–Crippen LogP) is 15.8. The van der Waals surface area contributed by atoms with E-state index in [4.69, 9.17) is 4.74 Å². The molecule has 0 aromatic carbocycles. The van der Waals surface area contributed by atoms with Gasteiger partial charge in [-0.25, -0.2) is 0 Å². The molecule has 1 amide bonds. The largest absolute Gasteiger partial charge is 0.462 e. The van der Waals surface area contributed by atoms with Crippen LogP contribution in [-0.2, 0) is 14.3 Å². The van der Waals surface area contributed by atoms with Gasteiger partial charge in [0.05, 0.1) is 25.2 Å². The number of aliphatic hydroxyl groups is 2. The van der Waals surface area contributed by atoms with Crippen molar-refractivity contribution in [2.24, 2.45) is 0 Å². The van der Waals surface area contributed by atoms with Gasteiger partial charge in [-0.05, 0) is 83.5 Å². The number of carbonyl (C=O) groups excluding carboxylic acids is 2. The molecule has 0 aliphatic heterocycles. The lowest BCUT2D eigenvalue weighted by Crippen LogP contribution is -2.46. The fraction of sp³-hybridized carbons (Fsp3) is 0.818. The van der Waals surface area contributed by atoms with E-state index in [1.807, 2.05) is 0 Å². The summed E-state index contributed by atoms with van der Waals surface area (Å²) in [6, 6.07) is -0.707. The highest BCUT2D eigenvalue weighted by atomic mass is 16.5. The fourth-order valence-electron chi connectivity index (χ4n) is 7.91. The lowest BCUT2D eigenvalue weighted by atomic mass is 10.0. The van der Waals surface area contributed by atoms with Crippen molar-refractivity contribution in [3.05, 3.63) is 48.6 Å². The number of hydrogen-bond acceptors (Lipinski definition) is 5. The molecule has 0 aliphatic carbocycles. The highest BCUT2D eigenvalue weighted by molar-refractivity contribution is 5.77. The van der Waals surface area contributed by atoms with Crippen molar-refractivity contribution in [2.75, 3.05) is 6.61 Å². The molecule has 61 heavy (non-hydrogen) atoms. The third-order valence-electron chi connectivity index (χ3n) is 11.9. The minimum absolute atomic E-state index is 0.0654. The van der Waals surface area contributed by atoms with Crippen LogP contribution in [0.5, 0.6) is 0 Å². The van der Waals surface area contributed by atoms with Crippen molar-refractivity contribution >= 4 is 11.9 Å². The van der Waals surface area contributed by atoms with Crippen LogP contribution in [0.3, 0.4) is 0 Å². The van der Waals surface area contributed by atoms with E-state index in [1.54, 1.807) is 0 Å². The first-order valence-electron chi connectivity index (χ1n) is 26.4. The van der Waals surface area contributed by atoms with E-state index in [-0.39, 0.29) is 24.9 Å². The third kappa shape index (κ3) is 44.2.